The number of hydrogen-bond donors (Lipinski definition) is 1. The van der Waals surface area contributed by atoms with E-state index >= 15 is 0 Å². The molecule has 4 rings (SSSR count). The van der Waals surface area contributed by atoms with Crippen LogP contribution < -0.4 is 0 Å². The quantitative estimate of drug-likeness (QED) is 0.568. The zero-order chi connectivity index (χ0) is 22.9. The van der Waals surface area contributed by atoms with E-state index in [4.69, 9.17) is 0 Å². The molecule has 0 atom stereocenters. The molecule has 1 fully saturated rings. The molecule has 1 aliphatic rings. The third-order valence-corrected chi connectivity index (χ3v) is 7.98. The zero-order valence-corrected chi connectivity index (χ0v) is 19.2. The lowest BCUT2D eigenvalue weighted by molar-refractivity contribution is 0.0699. The smallest absolute Gasteiger partial charge is 0.336 e. The van der Waals surface area contributed by atoms with Gasteiger partial charge < -0.3 is 5.11 Å². The van der Waals surface area contributed by atoms with Gasteiger partial charge in [0.2, 0.25) is 10.0 Å². The molecule has 0 aliphatic carbocycles. The number of aromatic carboxylic acids is 1. The molecule has 0 amide bonds. The van der Waals surface area contributed by atoms with Gasteiger partial charge in [-0.3, -0.25) is 0 Å². The van der Waals surface area contributed by atoms with Crippen molar-refractivity contribution in [3.63, 3.8) is 0 Å². The number of aromatic nitrogens is 1. The Balaban J connectivity index is 1.79. The van der Waals surface area contributed by atoms with E-state index in [-0.39, 0.29) is 10.5 Å². The largest absolute Gasteiger partial charge is 0.478 e. The van der Waals surface area contributed by atoms with Crippen molar-refractivity contribution in [3.8, 4) is 11.3 Å². The van der Waals surface area contributed by atoms with Crippen LogP contribution in [0, 0.1) is 0 Å². The summed E-state index contributed by atoms with van der Waals surface area (Å²) in [5.74, 6) is -0.713. The molecule has 2 heterocycles. The van der Waals surface area contributed by atoms with Gasteiger partial charge in [0.05, 0.1) is 21.7 Å². The van der Waals surface area contributed by atoms with E-state index in [2.05, 4.69) is 18.8 Å². The summed E-state index contributed by atoms with van der Waals surface area (Å²) in [6.07, 6.45) is 3.73. The molecule has 0 spiro atoms. The second-order valence-corrected chi connectivity index (χ2v) is 10.6. The molecule has 1 aromatic heterocycles. The number of nitrogens with zero attached hydrogens (tertiary/aromatic N) is 2. The number of carboxylic acids is 1. The summed E-state index contributed by atoms with van der Waals surface area (Å²) in [6, 6.07) is 14.0. The van der Waals surface area contributed by atoms with Crippen LogP contribution in [0.15, 0.2) is 53.4 Å². The molecule has 168 valence electrons. The fraction of sp³-hybridized carbons (Fsp3) is 0.360. The third kappa shape index (κ3) is 4.40. The van der Waals surface area contributed by atoms with Crippen molar-refractivity contribution < 1.29 is 18.3 Å². The molecular formula is C25H28N2O4S. The molecular weight excluding hydrogens is 424 g/mol. The number of pyridine rings is 1. The Labute approximate surface area is 189 Å². The Morgan fingerprint density at radius 3 is 2.22 bits per heavy atom. The van der Waals surface area contributed by atoms with Crippen LogP contribution >= 0.6 is 0 Å². The van der Waals surface area contributed by atoms with Crippen LogP contribution in [0.3, 0.4) is 0 Å². The van der Waals surface area contributed by atoms with Gasteiger partial charge in [-0.1, -0.05) is 51.0 Å². The number of sulfonamides is 1. The highest BCUT2D eigenvalue weighted by Crippen LogP contribution is 2.29. The van der Waals surface area contributed by atoms with E-state index in [1.807, 2.05) is 24.3 Å². The Morgan fingerprint density at radius 2 is 1.62 bits per heavy atom. The maximum absolute atomic E-state index is 13.2. The molecule has 1 N–H and O–H groups in total. The predicted octanol–water partition coefficient (Wildman–Crippen LogP) is 5.29. The van der Waals surface area contributed by atoms with E-state index in [0.717, 1.165) is 31.2 Å². The van der Waals surface area contributed by atoms with Gasteiger partial charge >= 0.3 is 5.97 Å². The van der Waals surface area contributed by atoms with Crippen LogP contribution in [0.2, 0.25) is 0 Å². The average Bonchev–Trinajstić information content (AvgIpc) is 3.08. The first-order valence-corrected chi connectivity index (χ1v) is 12.5. The standard InChI is InChI=1S/C25H28N2O4S/c1-17(2)18-7-9-19(10-8-18)24-16-22(25(28)29)21-15-20(11-12-23(21)26-24)32(30,31)27-13-5-3-4-6-14-27/h7-12,15-17H,3-6,13-14H2,1-2H3,(H,28,29). The Kier molecular flexibility index (Phi) is 6.31. The number of hydrogen-bond acceptors (Lipinski definition) is 4. The van der Waals surface area contributed by atoms with Gasteiger partial charge in [0.1, 0.15) is 0 Å². The number of fused-ring (bicyclic) bond motifs is 1. The van der Waals surface area contributed by atoms with E-state index in [0.29, 0.717) is 35.6 Å². The molecule has 32 heavy (non-hydrogen) atoms. The molecule has 2 aromatic carbocycles. The molecule has 0 unspecified atom stereocenters. The number of benzene rings is 2. The Hall–Kier alpha value is -2.77. The van der Waals surface area contributed by atoms with Gasteiger partial charge in [-0.05, 0) is 48.6 Å². The first kappa shape index (κ1) is 22.4. The summed E-state index contributed by atoms with van der Waals surface area (Å²) in [4.78, 5) is 16.8. The van der Waals surface area contributed by atoms with Gasteiger partial charge in [0.15, 0.2) is 0 Å². The number of carbonyl (C=O) groups is 1. The van der Waals surface area contributed by atoms with Gasteiger partial charge in [0.25, 0.3) is 0 Å². The lowest BCUT2D eigenvalue weighted by Gasteiger charge is -2.20. The zero-order valence-electron chi connectivity index (χ0n) is 18.4. The van der Waals surface area contributed by atoms with Crippen LogP contribution in [-0.2, 0) is 10.0 Å². The van der Waals surface area contributed by atoms with Crippen LogP contribution in [0.4, 0.5) is 0 Å². The van der Waals surface area contributed by atoms with Crippen molar-refractivity contribution in [3.05, 3.63) is 59.7 Å². The normalized spacial score (nSPS) is 15.7. The first-order valence-electron chi connectivity index (χ1n) is 11.1. The third-order valence-electron chi connectivity index (χ3n) is 6.09. The number of carboxylic acid groups (broad SMARTS) is 1. The van der Waals surface area contributed by atoms with Gasteiger partial charge in [-0.2, -0.15) is 4.31 Å². The van der Waals surface area contributed by atoms with Crippen molar-refractivity contribution in [1.82, 2.24) is 9.29 Å². The predicted molar refractivity (Wildman–Crippen MR) is 125 cm³/mol. The second-order valence-electron chi connectivity index (χ2n) is 8.63. The summed E-state index contributed by atoms with van der Waals surface area (Å²) in [7, 11) is -3.68. The summed E-state index contributed by atoms with van der Waals surface area (Å²) < 4.78 is 27.9. The molecule has 6 nitrogen and oxygen atoms in total. The van der Waals surface area contributed by atoms with Crippen molar-refractivity contribution in [2.45, 2.75) is 50.3 Å². The fourth-order valence-corrected chi connectivity index (χ4v) is 5.70. The minimum atomic E-state index is -3.68. The van der Waals surface area contributed by atoms with E-state index < -0.39 is 16.0 Å². The van der Waals surface area contributed by atoms with Gasteiger partial charge in [0, 0.05) is 24.0 Å². The van der Waals surface area contributed by atoms with E-state index in [9.17, 15) is 18.3 Å². The van der Waals surface area contributed by atoms with Crippen LogP contribution in [0.25, 0.3) is 22.2 Å². The van der Waals surface area contributed by atoms with Crippen LogP contribution in [0.5, 0.6) is 0 Å². The van der Waals surface area contributed by atoms with Crippen molar-refractivity contribution in [2.75, 3.05) is 13.1 Å². The Bertz CT molecular complexity index is 1240. The molecule has 0 bridgehead atoms. The Morgan fingerprint density at radius 1 is 0.969 bits per heavy atom. The molecule has 1 aliphatic heterocycles. The minimum Gasteiger partial charge on any atom is -0.478 e. The van der Waals surface area contributed by atoms with Crippen molar-refractivity contribution in [1.29, 1.82) is 0 Å². The molecule has 7 heteroatoms. The highest BCUT2D eigenvalue weighted by Gasteiger charge is 2.26. The van der Waals surface area contributed by atoms with E-state index in [1.54, 1.807) is 6.07 Å². The maximum Gasteiger partial charge on any atom is 0.336 e. The maximum atomic E-state index is 13.2. The van der Waals surface area contributed by atoms with Gasteiger partial charge in [-0.15, -0.1) is 0 Å². The molecule has 0 radical (unpaired) electrons. The topological polar surface area (TPSA) is 87.6 Å². The minimum absolute atomic E-state index is 0.0471. The summed E-state index contributed by atoms with van der Waals surface area (Å²) >= 11 is 0. The summed E-state index contributed by atoms with van der Waals surface area (Å²) in [5.41, 5.74) is 3.07. The summed E-state index contributed by atoms with van der Waals surface area (Å²) in [5, 5.41) is 10.2. The second kappa shape index (κ2) is 9.00. The lowest BCUT2D eigenvalue weighted by Crippen LogP contribution is -2.31. The fourth-order valence-electron chi connectivity index (χ4n) is 4.16. The molecule has 3 aromatic rings. The SMILES string of the molecule is CC(C)c1ccc(-c2cc(C(=O)O)c3cc(S(=O)(=O)N4CCCCCC4)ccc3n2)cc1. The van der Waals surface area contributed by atoms with Gasteiger partial charge in [-0.25, -0.2) is 18.2 Å². The highest BCUT2D eigenvalue weighted by molar-refractivity contribution is 7.89. The first-order chi connectivity index (χ1) is 15.3. The van der Waals surface area contributed by atoms with Crippen molar-refractivity contribution >= 4 is 26.9 Å². The van der Waals surface area contributed by atoms with E-state index in [1.165, 1.54) is 28.1 Å². The highest BCUT2D eigenvalue weighted by atomic mass is 32.2. The van der Waals surface area contributed by atoms with Crippen LogP contribution in [0.1, 0.15) is 61.4 Å². The average molecular weight is 453 g/mol. The molecule has 1 saturated heterocycles. The van der Waals surface area contributed by atoms with Crippen molar-refractivity contribution in [2.24, 2.45) is 0 Å². The van der Waals surface area contributed by atoms with Crippen LogP contribution in [-0.4, -0.2) is 41.9 Å². The molecule has 0 saturated carbocycles. The lowest BCUT2D eigenvalue weighted by atomic mass is 9.99. The number of rotatable bonds is 5. The monoisotopic (exact) mass is 452 g/mol. The summed E-state index contributed by atoms with van der Waals surface area (Å²) in [6.45, 7) is 5.22.